The minimum absolute atomic E-state index is 0. The van der Waals surface area contributed by atoms with Gasteiger partial charge >= 0.3 is 110 Å². The summed E-state index contributed by atoms with van der Waals surface area (Å²) in [7, 11) is -8.23. The van der Waals surface area contributed by atoms with E-state index in [1.165, 1.54) is 4.91 Å². The summed E-state index contributed by atoms with van der Waals surface area (Å²) in [6.07, 6.45) is 0. The molecular weight excluding hydrogens is 297 g/mol. The van der Waals surface area contributed by atoms with Gasteiger partial charge in [0.15, 0.2) is 0 Å². The van der Waals surface area contributed by atoms with Crippen LogP contribution in [-0.2, 0) is 19.3 Å². The van der Waals surface area contributed by atoms with Crippen LogP contribution >= 0.6 is 0 Å². The van der Waals surface area contributed by atoms with E-state index in [0.29, 0.717) is 0 Å². The first-order valence-corrected chi connectivity index (χ1v) is 4.67. The van der Waals surface area contributed by atoms with Crippen molar-refractivity contribution in [2.45, 2.75) is 0 Å². The second kappa shape index (κ2) is 25.3. The number of rotatable bonds is 1. The van der Waals surface area contributed by atoms with Gasteiger partial charge in [0, 0.05) is 0 Å². The van der Waals surface area contributed by atoms with Crippen molar-refractivity contribution in [1.29, 1.82) is 5.26 Å². The molecule has 0 saturated heterocycles. The summed E-state index contributed by atoms with van der Waals surface area (Å²) in [6.45, 7) is 4.75. The average Bonchev–Trinajstić information content (AvgIpc) is 1.91. The standard InChI is InChI=1S/CN.K.N3.2Na.H2O5S2/c1-2;;1-3-2;;;1-6(2)7(3,4)5/h;;;;;(H,1,2)(H,3,4,5)/q-1;+1;-1;2*+1;/p-1. The van der Waals surface area contributed by atoms with Gasteiger partial charge in [0.25, 0.3) is 10.1 Å². The van der Waals surface area contributed by atoms with Crippen molar-refractivity contribution in [3.8, 4) is 0 Å². The normalized spacial score (nSPS) is 8.27. The van der Waals surface area contributed by atoms with Gasteiger partial charge in [-0.15, -0.1) is 0 Å². The molecule has 0 rings (SSSR count). The minimum atomic E-state index is -4.96. The molecule has 0 aromatic rings. The second-order valence-electron chi connectivity index (χ2n) is 0.715. The van der Waals surface area contributed by atoms with Crippen molar-refractivity contribution in [1.82, 2.24) is 0 Å². The fourth-order valence-corrected chi connectivity index (χ4v) is 0. The molecule has 0 amide bonds. The molecule has 1 N–H and O–H groups in total. The van der Waals surface area contributed by atoms with Crippen molar-refractivity contribution in [3.63, 3.8) is 0 Å². The Morgan fingerprint density at radius 2 is 1.40 bits per heavy atom. The van der Waals surface area contributed by atoms with Gasteiger partial charge in [-0.2, -0.15) is 0 Å². The van der Waals surface area contributed by atoms with Gasteiger partial charge < -0.3 is 27.4 Å². The van der Waals surface area contributed by atoms with Crippen LogP contribution in [0.1, 0.15) is 0 Å². The van der Waals surface area contributed by atoms with Crippen LogP contribution in [0.5, 0.6) is 0 Å². The minimum Gasteiger partial charge on any atom is -0.736 e. The van der Waals surface area contributed by atoms with Crippen LogP contribution in [-0.4, -0.2) is 21.7 Å². The third-order valence-electron chi connectivity index (χ3n) is 0.175. The third kappa shape index (κ3) is 48.1. The monoisotopic (exact) mass is 298 g/mol. The van der Waals surface area contributed by atoms with E-state index >= 15 is 0 Å². The molecule has 15 heavy (non-hydrogen) atoms. The van der Waals surface area contributed by atoms with Crippen molar-refractivity contribution in [2.24, 2.45) is 0 Å². The van der Waals surface area contributed by atoms with E-state index in [1.807, 2.05) is 0 Å². The third-order valence-corrected chi connectivity index (χ3v) is 1.57. The molecule has 0 radical (unpaired) electrons. The molecule has 1 atom stereocenters. The molecule has 0 aromatic heterocycles. The fraction of sp³-hybridized carbons (Fsp3) is 0. The smallest absolute Gasteiger partial charge is 0.736 e. The summed E-state index contributed by atoms with van der Waals surface area (Å²) in [5.74, 6) is 0. The quantitative estimate of drug-likeness (QED) is 0.0733. The summed E-state index contributed by atoms with van der Waals surface area (Å²) in [4.78, 5) is 1.50. The zero-order valence-electron chi connectivity index (χ0n) is 8.19. The Morgan fingerprint density at radius 3 is 1.40 bits per heavy atom. The van der Waals surface area contributed by atoms with Gasteiger partial charge in [0.1, 0.15) is 0 Å². The molecule has 1 unspecified atom stereocenters. The summed E-state index contributed by atoms with van der Waals surface area (Å²) in [5.41, 5.74) is 13.5. The molecule has 9 nitrogen and oxygen atoms in total. The zero-order chi connectivity index (χ0) is 10.8. The Balaban J connectivity index is -0.0000000224. The zero-order valence-corrected chi connectivity index (χ0v) is 16.9. The summed E-state index contributed by atoms with van der Waals surface area (Å²) < 4.78 is 44.4. The first-order chi connectivity index (χ1) is 5.36. The van der Waals surface area contributed by atoms with Gasteiger partial charge in [0.05, 0.1) is 0 Å². The maximum atomic E-state index is 9.23. The van der Waals surface area contributed by atoms with Crippen LogP contribution in [0.15, 0.2) is 0 Å². The predicted octanol–water partition coefficient (Wildman–Crippen LogP) is -9.36. The topological polar surface area (TPSA) is 177 Å². The van der Waals surface area contributed by atoms with Crippen molar-refractivity contribution in [2.75, 3.05) is 0 Å². The maximum absolute atomic E-state index is 9.23. The van der Waals surface area contributed by atoms with Crippen LogP contribution in [0.3, 0.4) is 0 Å². The largest absolute Gasteiger partial charge is 1.00 e. The first kappa shape index (κ1) is 36.0. The molecule has 0 bridgehead atoms. The van der Waals surface area contributed by atoms with E-state index in [-0.39, 0.29) is 110 Å². The summed E-state index contributed by atoms with van der Waals surface area (Å²) in [6, 6.07) is 0. The van der Waals surface area contributed by atoms with Gasteiger partial charge in [-0.3, -0.25) is 9.46 Å². The summed E-state index contributed by atoms with van der Waals surface area (Å²) >= 11 is 0. The first-order valence-electron chi connectivity index (χ1n) is 1.64. The molecule has 0 aliphatic rings. The van der Waals surface area contributed by atoms with Crippen LogP contribution in [0.25, 0.3) is 16.0 Å². The molecule has 0 aromatic carbocycles. The molecular formula is CHKN4Na2O5S2. The number of hydrogen-bond donors (Lipinski definition) is 1. The van der Waals surface area contributed by atoms with Gasteiger partial charge in [0.2, 0.25) is 9.15 Å². The number of nitrogens with zero attached hydrogens (tertiary/aromatic N) is 4. The molecule has 14 heteroatoms. The van der Waals surface area contributed by atoms with Crippen LogP contribution < -0.4 is 110 Å². The Bertz CT molecular complexity index is 285. The van der Waals surface area contributed by atoms with E-state index in [9.17, 15) is 17.2 Å². The van der Waals surface area contributed by atoms with Gasteiger partial charge in [-0.25, -0.2) is 12.6 Å². The molecule has 0 aliphatic heterocycles. The molecule has 0 heterocycles. The van der Waals surface area contributed by atoms with Crippen LogP contribution in [0, 0.1) is 11.8 Å². The van der Waals surface area contributed by atoms with E-state index in [1.54, 1.807) is 0 Å². The maximum Gasteiger partial charge on any atom is 1.00 e. The van der Waals surface area contributed by atoms with Crippen molar-refractivity contribution >= 4 is 19.3 Å². The molecule has 0 saturated carbocycles. The summed E-state index contributed by atoms with van der Waals surface area (Å²) in [5, 5.41) is 6.25. The molecule has 0 aliphatic carbocycles. The van der Waals surface area contributed by atoms with E-state index in [0.717, 1.165) is 0 Å². The molecule has 0 spiro atoms. The average molecular weight is 298 g/mol. The van der Waals surface area contributed by atoms with Crippen LogP contribution in [0.4, 0.5) is 0 Å². The SMILES string of the molecule is O=S(O)S(=O)(=O)[O-].[C-]#N.[K+].[N-]=[N+]=[N-].[Na+].[Na+]. The number of hydrogen-bond acceptors (Lipinski definition) is 5. The van der Waals surface area contributed by atoms with Gasteiger partial charge in [-0.1, -0.05) is 0 Å². The van der Waals surface area contributed by atoms with Crippen LogP contribution in [0.2, 0.25) is 0 Å². The Morgan fingerprint density at radius 1 is 1.33 bits per heavy atom. The molecule has 0 fully saturated rings. The van der Waals surface area contributed by atoms with Crippen molar-refractivity contribution < 1.29 is 132 Å². The van der Waals surface area contributed by atoms with E-state index < -0.39 is 19.3 Å². The Labute approximate surface area is 175 Å². The van der Waals surface area contributed by atoms with E-state index in [2.05, 4.69) is 0 Å². The van der Waals surface area contributed by atoms with E-state index in [4.69, 9.17) is 27.4 Å². The fourth-order valence-electron chi connectivity index (χ4n) is 0. The second-order valence-corrected chi connectivity index (χ2v) is 4.05. The molecule has 70 valence electrons. The Kier molecular flexibility index (Phi) is 60.8. The predicted molar refractivity (Wildman–Crippen MR) is 35.5 cm³/mol. The van der Waals surface area contributed by atoms with Gasteiger partial charge in [-0.05, 0) is 0 Å². The van der Waals surface area contributed by atoms with Crippen molar-refractivity contribution in [3.05, 3.63) is 22.5 Å². The Hall–Kier alpha value is 2.46.